The van der Waals surface area contributed by atoms with Gasteiger partial charge in [-0.25, -0.2) is 0 Å². The van der Waals surface area contributed by atoms with Crippen molar-refractivity contribution in [2.45, 2.75) is 64.9 Å². The number of amides is 1. The summed E-state index contributed by atoms with van der Waals surface area (Å²) in [6, 6.07) is 14.7. The van der Waals surface area contributed by atoms with Gasteiger partial charge < -0.3 is 14.8 Å². The van der Waals surface area contributed by atoms with Crippen LogP contribution in [0.1, 0.15) is 69.2 Å². The second kappa shape index (κ2) is 12.4. The number of carbonyl (C=O) groups is 1. The highest BCUT2D eigenvalue weighted by molar-refractivity contribution is 7.80. The third kappa shape index (κ3) is 7.83. The Bertz CT molecular complexity index is 862. The molecule has 1 amide bonds. The van der Waals surface area contributed by atoms with Gasteiger partial charge in [-0.15, -0.1) is 0 Å². The van der Waals surface area contributed by atoms with Crippen molar-refractivity contribution in [2.24, 2.45) is 5.92 Å². The molecule has 1 unspecified atom stereocenters. The molecule has 2 N–H and O–H groups in total. The maximum atomic E-state index is 12.4. The predicted molar refractivity (Wildman–Crippen MR) is 134 cm³/mol. The van der Waals surface area contributed by atoms with Gasteiger partial charge in [0, 0.05) is 11.3 Å². The molecule has 0 bridgehead atoms. The molecule has 3 rings (SSSR count). The number of thiocarbonyl (C=S) groups is 1. The summed E-state index contributed by atoms with van der Waals surface area (Å²) in [7, 11) is 0. The SMILES string of the molecule is CCC(C)Oc1ccc(C(=O)NC(=S)Nc2ccc(OCCC3CCCCC3)cc2)cc1. The van der Waals surface area contributed by atoms with Crippen molar-refractivity contribution in [3.05, 3.63) is 54.1 Å². The maximum absolute atomic E-state index is 12.4. The van der Waals surface area contributed by atoms with E-state index < -0.39 is 0 Å². The molecule has 6 heteroatoms. The molecule has 1 aliphatic carbocycles. The van der Waals surface area contributed by atoms with E-state index in [1.54, 1.807) is 24.3 Å². The lowest BCUT2D eigenvalue weighted by Crippen LogP contribution is -2.34. The molecule has 1 saturated carbocycles. The maximum Gasteiger partial charge on any atom is 0.257 e. The molecule has 5 nitrogen and oxygen atoms in total. The highest BCUT2D eigenvalue weighted by Gasteiger charge is 2.13. The molecule has 2 aromatic rings. The van der Waals surface area contributed by atoms with E-state index in [9.17, 15) is 4.79 Å². The van der Waals surface area contributed by atoms with Crippen molar-refractivity contribution in [1.29, 1.82) is 0 Å². The summed E-state index contributed by atoms with van der Waals surface area (Å²) in [5, 5.41) is 6.00. The van der Waals surface area contributed by atoms with E-state index in [0.29, 0.717) is 5.56 Å². The van der Waals surface area contributed by atoms with E-state index >= 15 is 0 Å². The Morgan fingerprint density at radius 1 is 1.03 bits per heavy atom. The van der Waals surface area contributed by atoms with Crippen molar-refractivity contribution in [1.82, 2.24) is 5.32 Å². The van der Waals surface area contributed by atoms with Gasteiger partial charge in [0.25, 0.3) is 5.91 Å². The van der Waals surface area contributed by atoms with Crippen LogP contribution in [0.4, 0.5) is 5.69 Å². The fraction of sp³-hybridized carbons (Fsp3) is 0.462. The van der Waals surface area contributed by atoms with E-state index in [2.05, 4.69) is 17.6 Å². The molecule has 1 fully saturated rings. The zero-order valence-corrected chi connectivity index (χ0v) is 19.9. The average Bonchev–Trinajstić information content (AvgIpc) is 2.81. The number of benzene rings is 2. The molecule has 0 heterocycles. The van der Waals surface area contributed by atoms with Gasteiger partial charge >= 0.3 is 0 Å². The van der Waals surface area contributed by atoms with Crippen LogP contribution in [0.25, 0.3) is 0 Å². The molecule has 0 saturated heterocycles. The molecule has 1 atom stereocenters. The lowest BCUT2D eigenvalue weighted by molar-refractivity contribution is 0.0977. The largest absolute Gasteiger partial charge is 0.494 e. The van der Waals surface area contributed by atoms with Crippen molar-refractivity contribution in [3.8, 4) is 11.5 Å². The van der Waals surface area contributed by atoms with Gasteiger partial charge in [-0.3, -0.25) is 10.1 Å². The molecule has 0 aromatic heterocycles. The van der Waals surface area contributed by atoms with E-state index in [4.69, 9.17) is 21.7 Å². The van der Waals surface area contributed by atoms with Crippen LogP contribution >= 0.6 is 12.2 Å². The number of ether oxygens (including phenoxy) is 2. The van der Waals surface area contributed by atoms with Gasteiger partial charge in [-0.2, -0.15) is 0 Å². The first-order chi connectivity index (χ1) is 15.5. The first-order valence-corrected chi connectivity index (χ1v) is 12.1. The van der Waals surface area contributed by atoms with Crippen molar-refractivity contribution in [2.75, 3.05) is 11.9 Å². The van der Waals surface area contributed by atoms with Crippen LogP contribution in [0.15, 0.2) is 48.5 Å². The smallest absolute Gasteiger partial charge is 0.257 e. The highest BCUT2D eigenvalue weighted by atomic mass is 32.1. The van der Waals surface area contributed by atoms with Gasteiger partial charge in [-0.1, -0.05) is 39.0 Å². The van der Waals surface area contributed by atoms with Crippen LogP contribution in [0.3, 0.4) is 0 Å². The lowest BCUT2D eigenvalue weighted by Gasteiger charge is -2.21. The van der Waals surface area contributed by atoms with Crippen molar-refractivity contribution >= 4 is 28.9 Å². The molecule has 32 heavy (non-hydrogen) atoms. The molecule has 2 aromatic carbocycles. The van der Waals surface area contributed by atoms with Crippen molar-refractivity contribution in [3.63, 3.8) is 0 Å². The minimum atomic E-state index is -0.264. The first kappa shape index (κ1) is 24.1. The molecule has 0 aliphatic heterocycles. The van der Waals surface area contributed by atoms with Gasteiger partial charge in [0.2, 0.25) is 0 Å². The Hall–Kier alpha value is -2.60. The van der Waals surface area contributed by atoms with Gasteiger partial charge in [-0.05, 0) is 86.4 Å². The Morgan fingerprint density at radius 2 is 1.69 bits per heavy atom. The van der Waals surface area contributed by atoms with Gasteiger partial charge in [0.05, 0.1) is 12.7 Å². The first-order valence-electron chi connectivity index (χ1n) is 11.7. The minimum Gasteiger partial charge on any atom is -0.494 e. The minimum absolute atomic E-state index is 0.139. The number of anilines is 1. The highest BCUT2D eigenvalue weighted by Crippen LogP contribution is 2.26. The quantitative estimate of drug-likeness (QED) is 0.433. The second-order valence-electron chi connectivity index (χ2n) is 8.43. The summed E-state index contributed by atoms with van der Waals surface area (Å²) in [5.41, 5.74) is 1.32. The lowest BCUT2D eigenvalue weighted by atomic mass is 9.87. The summed E-state index contributed by atoms with van der Waals surface area (Å²) in [6.07, 6.45) is 8.97. The topological polar surface area (TPSA) is 59.6 Å². The van der Waals surface area contributed by atoms with E-state index in [0.717, 1.165) is 42.6 Å². The van der Waals surface area contributed by atoms with Crippen LogP contribution in [0.2, 0.25) is 0 Å². The second-order valence-corrected chi connectivity index (χ2v) is 8.84. The third-order valence-electron chi connectivity index (χ3n) is 5.89. The number of carbonyl (C=O) groups excluding carboxylic acids is 1. The van der Waals surface area contributed by atoms with Crippen LogP contribution in [-0.2, 0) is 0 Å². The van der Waals surface area contributed by atoms with Crippen LogP contribution in [-0.4, -0.2) is 23.7 Å². The van der Waals surface area contributed by atoms with Crippen LogP contribution in [0, 0.1) is 5.92 Å². The zero-order valence-electron chi connectivity index (χ0n) is 19.1. The molecular formula is C26H34N2O3S. The van der Waals surface area contributed by atoms with Gasteiger partial charge in [0.1, 0.15) is 11.5 Å². The number of nitrogens with one attached hydrogen (secondary N) is 2. The van der Waals surface area contributed by atoms with Crippen LogP contribution in [0.5, 0.6) is 11.5 Å². The summed E-state index contributed by atoms with van der Waals surface area (Å²) < 4.78 is 11.6. The Labute approximate surface area is 196 Å². The summed E-state index contributed by atoms with van der Waals surface area (Å²) >= 11 is 5.29. The Kier molecular flexibility index (Phi) is 9.35. The summed E-state index contributed by atoms with van der Waals surface area (Å²) in [5.74, 6) is 2.15. The third-order valence-corrected chi connectivity index (χ3v) is 6.09. The average molecular weight is 455 g/mol. The molecular weight excluding hydrogens is 420 g/mol. The molecule has 1 aliphatic rings. The molecule has 0 spiro atoms. The fourth-order valence-electron chi connectivity index (χ4n) is 3.79. The Morgan fingerprint density at radius 3 is 2.34 bits per heavy atom. The normalized spacial score (nSPS) is 14.9. The van der Waals surface area contributed by atoms with Crippen molar-refractivity contribution < 1.29 is 14.3 Å². The summed E-state index contributed by atoms with van der Waals surface area (Å²) in [6.45, 7) is 4.84. The fourth-order valence-corrected chi connectivity index (χ4v) is 4.00. The van der Waals surface area contributed by atoms with E-state index in [-0.39, 0.29) is 17.1 Å². The van der Waals surface area contributed by atoms with Gasteiger partial charge in [0.15, 0.2) is 5.11 Å². The Balaban J connectivity index is 1.41. The monoisotopic (exact) mass is 454 g/mol. The summed E-state index contributed by atoms with van der Waals surface area (Å²) in [4.78, 5) is 12.4. The predicted octanol–water partition coefficient (Wildman–Crippen LogP) is 6.34. The number of hydrogen-bond donors (Lipinski definition) is 2. The number of hydrogen-bond acceptors (Lipinski definition) is 4. The number of rotatable bonds is 9. The molecule has 0 radical (unpaired) electrons. The van der Waals surface area contributed by atoms with Crippen LogP contribution < -0.4 is 20.1 Å². The molecule has 172 valence electrons. The van der Waals surface area contributed by atoms with E-state index in [1.165, 1.54) is 32.1 Å². The zero-order chi connectivity index (χ0) is 22.8. The van der Waals surface area contributed by atoms with E-state index in [1.807, 2.05) is 31.2 Å². The standard InChI is InChI=1S/C26H34N2O3S/c1-3-19(2)31-24-13-9-21(10-14-24)25(29)28-26(32)27-22-11-15-23(16-12-22)30-18-17-20-7-5-4-6-8-20/h9-16,19-20H,3-8,17-18H2,1-2H3,(H2,27,28,29,32).